The smallest absolute Gasteiger partial charge is 0.142 e. The average Bonchev–Trinajstić information content (AvgIpc) is 2.13. The van der Waals surface area contributed by atoms with Crippen LogP contribution in [0.2, 0.25) is 5.02 Å². The Bertz CT molecular complexity index is 310. The first-order chi connectivity index (χ1) is 6.33. The summed E-state index contributed by atoms with van der Waals surface area (Å²) in [6, 6.07) is 7.45. The van der Waals surface area contributed by atoms with E-state index in [1.54, 1.807) is 6.08 Å². The van der Waals surface area contributed by atoms with Crippen LogP contribution in [0.5, 0.6) is 0 Å². The minimum Gasteiger partial charge on any atom is -0.391 e. The molecule has 3 heteroatoms. The molecular formula is C10H10ClNO. The van der Waals surface area contributed by atoms with Gasteiger partial charge in [-0.05, 0) is 23.8 Å². The highest BCUT2D eigenvalue weighted by Crippen LogP contribution is 2.11. The second-order valence-electron chi connectivity index (χ2n) is 2.39. The van der Waals surface area contributed by atoms with Crippen molar-refractivity contribution in [3.05, 3.63) is 47.5 Å². The van der Waals surface area contributed by atoms with Crippen molar-refractivity contribution in [2.24, 2.45) is 5.16 Å². The Morgan fingerprint density at radius 1 is 1.54 bits per heavy atom. The Morgan fingerprint density at radius 3 is 3.08 bits per heavy atom. The zero-order chi connectivity index (χ0) is 9.52. The summed E-state index contributed by atoms with van der Waals surface area (Å²) >= 11 is 5.77. The first kappa shape index (κ1) is 9.81. The zero-order valence-corrected chi connectivity index (χ0v) is 7.87. The summed E-state index contributed by atoms with van der Waals surface area (Å²) in [5.74, 6) is 0. The van der Waals surface area contributed by atoms with Crippen molar-refractivity contribution in [2.45, 2.75) is 6.61 Å². The first-order valence-electron chi connectivity index (χ1n) is 3.83. The number of hydrogen-bond acceptors (Lipinski definition) is 2. The number of nitrogens with zero attached hydrogens (tertiary/aromatic N) is 1. The number of benzene rings is 1. The zero-order valence-electron chi connectivity index (χ0n) is 7.11. The van der Waals surface area contributed by atoms with Gasteiger partial charge in [-0.15, -0.1) is 0 Å². The van der Waals surface area contributed by atoms with E-state index in [9.17, 15) is 0 Å². The van der Waals surface area contributed by atoms with Crippen molar-refractivity contribution in [1.82, 2.24) is 0 Å². The van der Waals surface area contributed by atoms with Gasteiger partial charge in [-0.1, -0.05) is 35.5 Å². The third-order valence-corrected chi connectivity index (χ3v) is 1.60. The van der Waals surface area contributed by atoms with Gasteiger partial charge in [0.15, 0.2) is 0 Å². The number of oxime groups is 1. The number of hydrogen-bond donors (Lipinski definition) is 0. The van der Waals surface area contributed by atoms with Gasteiger partial charge in [-0.2, -0.15) is 0 Å². The van der Waals surface area contributed by atoms with Crippen molar-refractivity contribution in [1.29, 1.82) is 0 Å². The molecular weight excluding hydrogens is 186 g/mol. The Labute approximate surface area is 82.5 Å². The molecule has 0 spiro atoms. The topological polar surface area (TPSA) is 21.6 Å². The van der Waals surface area contributed by atoms with Gasteiger partial charge in [-0.3, -0.25) is 0 Å². The van der Waals surface area contributed by atoms with Gasteiger partial charge in [0.2, 0.25) is 0 Å². The second kappa shape index (κ2) is 5.38. The molecule has 0 aliphatic rings. The molecule has 1 aromatic carbocycles. The van der Waals surface area contributed by atoms with Crippen LogP contribution >= 0.6 is 11.6 Å². The largest absolute Gasteiger partial charge is 0.391 e. The summed E-state index contributed by atoms with van der Waals surface area (Å²) in [6.45, 7) is 3.89. The number of rotatable bonds is 4. The fourth-order valence-corrected chi connectivity index (χ4v) is 1.04. The quantitative estimate of drug-likeness (QED) is 0.535. The standard InChI is InChI=1S/C10H10ClNO/c1-2-6-12-13-8-9-4-3-5-10(11)7-9/h2-7H,1,8H2/b12-6+. The summed E-state index contributed by atoms with van der Waals surface area (Å²) in [4.78, 5) is 4.95. The van der Waals surface area contributed by atoms with E-state index in [4.69, 9.17) is 16.4 Å². The highest BCUT2D eigenvalue weighted by molar-refractivity contribution is 6.30. The van der Waals surface area contributed by atoms with E-state index in [1.807, 2.05) is 24.3 Å². The van der Waals surface area contributed by atoms with Crippen molar-refractivity contribution < 1.29 is 4.84 Å². The molecule has 0 bridgehead atoms. The maximum absolute atomic E-state index is 5.77. The third kappa shape index (κ3) is 3.76. The SMILES string of the molecule is C=C/C=N/OCc1cccc(Cl)c1. The molecule has 0 N–H and O–H groups in total. The fourth-order valence-electron chi connectivity index (χ4n) is 0.825. The van der Waals surface area contributed by atoms with Crippen LogP contribution in [0.1, 0.15) is 5.56 Å². The molecule has 0 radical (unpaired) electrons. The Hall–Kier alpha value is -1.28. The summed E-state index contributed by atoms with van der Waals surface area (Å²) in [5, 5.41) is 4.33. The van der Waals surface area contributed by atoms with Crippen LogP contribution in [0.3, 0.4) is 0 Å². The van der Waals surface area contributed by atoms with Gasteiger partial charge in [0.05, 0.1) is 6.21 Å². The van der Waals surface area contributed by atoms with Gasteiger partial charge in [0.25, 0.3) is 0 Å². The van der Waals surface area contributed by atoms with E-state index in [-0.39, 0.29) is 0 Å². The van der Waals surface area contributed by atoms with Crippen LogP contribution in [0.4, 0.5) is 0 Å². The lowest BCUT2D eigenvalue weighted by atomic mass is 10.2. The van der Waals surface area contributed by atoms with Crippen molar-refractivity contribution in [2.75, 3.05) is 0 Å². The predicted octanol–water partition coefficient (Wildman–Crippen LogP) is 3.03. The van der Waals surface area contributed by atoms with Gasteiger partial charge in [-0.25, -0.2) is 0 Å². The molecule has 0 saturated heterocycles. The van der Waals surface area contributed by atoms with Crippen LogP contribution in [0.25, 0.3) is 0 Å². The lowest BCUT2D eigenvalue weighted by molar-refractivity contribution is 0.132. The van der Waals surface area contributed by atoms with Crippen molar-refractivity contribution in [3.8, 4) is 0 Å². The molecule has 1 rings (SSSR count). The average molecular weight is 196 g/mol. The highest BCUT2D eigenvalue weighted by Gasteiger charge is 1.92. The highest BCUT2D eigenvalue weighted by atomic mass is 35.5. The second-order valence-corrected chi connectivity index (χ2v) is 2.83. The molecule has 0 heterocycles. The molecule has 0 amide bonds. The van der Waals surface area contributed by atoms with E-state index in [0.29, 0.717) is 11.6 Å². The first-order valence-corrected chi connectivity index (χ1v) is 4.21. The maximum Gasteiger partial charge on any atom is 0.142 e. The van der Waals surface area contributed by atoms with Gasteiger partial charge >= 0.3 is 0 Å². The molecule has 0 atom stereocenters. The van der Waals surface area contributed by atoms with Crippen LogP contribution in [-0.2, 0) is 11.4 Å². The maximum atomic E-state index is 5.77. The summed E-state index contributed by atoms with van der Waals surface area (Å²) in [6.07, 6.45) is 3.04. The van der Waals surface area contributed by atoms with E-state index < -0.39 is 0 Å². The minimum atomic E-state index is 0.422. The lowest BCUT2D eigenvalue weighted by Gasteiger charge is -1.99. The Morgan fingerprint density at radius 2 is 2.38 bits per heavy atom. The Kier molecular flexibility index (Phi) is 4.06. The van der Waals surface area contributed by atoms with Crippen LogP contribution in [0, 0.1) is 0 Å². The molecule has 0 aromatic heterocycles. The van der Waals surface area contributed by atoms with E-state index in [0.717, 1.165) is 5.56 Å². The van der Waals surface area contributed by atoms with Crippen LogP contribution in [0.15, 0.2) is 42.1 Å². The molecule has 2 nitrogen and oxygen atoms in total. The van der Waals surface area contributed by atoms with Crippen LogP contribution in [-0.4, -0.2) is 6.21 Å². The predicted molar refractivity (Wildman–Crippen MR) is 54.9 cm³/mol. The number of halogens is 1. The molecule has 0 aliphatic carbocycles. The van der Waals surface area contributed by atoms with Crippen LogP contribution < -0.4 is 0 Å². The van der Waals surface area contributed by atoms with Crippen molar-refractivity contribution >= 4 is 17.8 Å². The van der Waals surface area contributed by atoms with Crippen molar-refractivity contribution in [3.63, 3.8) is 0 Å². The Balaban J connectivity index is 2.45. The van der Waals surface area contributed by atoms with Gasteiger partial charge < -0.3 is 4.84 Å². The van der Waals surface area contributed by atoms with Gasteiger partial charge in [0, 0.05) is 5.02 Å². The number of allylic oxidation sites excluding steroid dienone is 1. The molecule has 68 valence electrons. The molecule has 0 aliphatic heterocycles. The summed E-state index contributed by atoms with van der Waals surface area (Å²) in [7, 11) is 0. The minimum absolute atomic E-state index is 0.422. The fraction of sp³-hybridized carbons (Fsp3) is 0.100. The molecule has 13 heavy (non-hydrogen) atoms. The summed E-state index contributed by atoms with van der Waals surface area (Å²) < 4.78 is 0. The monoisotopic (exact) mass is 195 g/mol. The molecule has 0 unspecified atom stereocenters. The normalized spacial score (nSPS) is 10.2. The van der Waals surface area contributed by atoms with E-state index in [2.05, 4.69) is 11.7 Å². The lowest BCUT2D eigenvalue weighted by Crippen LogP contribution is -1.86. The molecule has 0 fully saturated rings. The third-order valence-electron chi connectivity index (χ3n) is 1.36. The molecule has 0 saturated carbocycles. The van der Waals surface area contributed by atoms with Gasteiger partial charge in [0.1, 0.15) is 6.61 Å². The summed E-state index contributed by atoms with van der Waals surface area (Å²) in [5.41, 5.74) is 0.994. The van der Waals surface area contributed by atoms with E-state index >= 15 is 0 Å². The molecule has 1 aromatic rings. The van der Waals surface area contributed by atoms with E-state index in [1.165, 1.54) is 6.21 Å².